The smallest absolute Gasteiger partial charge is 0.226 e. The number of morpholine rings is 1. The van der Waals surface area contributed by atoms with Crippen molar-refractivity contribution in [2.75, 3.05) is 39.4 Å². The van der Waals surface area contributed by atoms with Crippen LogP contribution in [0.4, 0.5) is 0 Å². The quantitative estimate of drug-likeness (QED) is 0.850. The molecule has 4 saturated carbocycles. The average Bonchev–Trinajstić information content (AvgIpc) is 2.68. The fourth-order valence-electron chi connectivity index (χ4n) is 7.11. The first-order valence-corrected chi connectivity index (χ1v) is 11.2. The molecule has 5 aliphatic rings. The lowest BCUT2D eigenvalue weighted by Crippen LogP contribution is -2.59. The van der Waals surface area contributed by atoms with E-state index in [-0.39, 0.29) is 10.8 Å². The van der Waals surface area contributed by atoms with Crippen LogP contribution >= 0.6 is 0 Å². The maximum Gasteiger partial charge on any atom is 0.226 e. The fraction of sp³-hybridized carbons (Fsp3) is 0.708. The van der Waals surface area contributed by atoms with Gasteiger partial charge in [0.15, 0.2) is 0 Å². The van der Waals surface area contributed by atoms with E-state index in [1.54, 1.807) is 0 Å². The maximum atomic E-state index is 13.4. The third-order valence-corrected chi connectivity index (χ3v) is 8.02. The highest BCUT2D eigenvalue weighted by Gasteiger charge is 2.60. The highest BCUT2D eigenvalue weighted by Crippen LogP contribution is 2.65. The van der Waals surface area contributed by atoms with Gasteiger partial charge in [-0.25, -0.2) is 0 Å². The van der Waals surface area contributed by atoms with Gasteiger partial charge in [0.2, 0.25) is 5.91 Å². The molecule has 1 aliphatic heterocycles. The van der Waals surface area contributed by atoms with E-state index in [2.05, 4.69) is 41.4 Å². The SMILES string of the molecule is Cc1ccc(C23CC4CC(CC(C(=O)NCCN5CCOCC5)(C4)C2)C3)cc1. The summed E-state index contributed by atoms with van der Waals surface area (Å²) in [4.78, 5) is 15.8. The second-order valence-electron chi connectivity index (χ2n) is 10.1. The van der Waals surface area contributed by atoms with Crippen LogP contribution in [0, 0.1) is 24.2 Å². The fourth-order valence-corrected chi connectivity index (χ4v) is 7.11. The zero-order chi connectivity index (χ0) is 19.2. The molecule has 4 bridgehead atoms. The second-order valence-corrected chi connectivity index (χ2v) is 10.1. The molecule has 0 spiro atoms. The van der Waals surface area contributed by atoms with E-state index >= 15 is 0 Å². The summed E-state index contributed by atoms with van der Waals surface area (Å²) in [6.45, 7) is 7.49. The van der Waals surface area contributed by atoms with Crippen LogP contribution in [0.2, 0.25) is 0 Å². The van der Waals surface area contributed by atoms with Crippen LogP contribution in [0.25, 0.3) is 0 Å². The van der Waals surface area contributed by atoms with Crippen LogP contribution in [-0.4, -0.2) is 50.2 Å². The lowest BCUT2D eigenvalue weighted by atomic mass is 9.42. The molecular weight excluding hydrogens is 348 g/mol. The summed E-state index contributed by atoms with van der Waals surface area (Å²) in [6.07, 6.45) is 7.20. The standard InChI is InChI=1S/C24H34N2O2/c1-18-2-4-21(5-3-18)23-13-19-12-20(14-23)16-24(15-19,17-23)22(27)25-6-7-26-8-10-28-11-9-26/h2-5,19-20H,6-17H2,1H3,(H,25,27). The number of hydrogen-bond acceptors (Lipinski definition) is 3. The number of benzene rings is 1. The number of aryl methyl sites for hydroxylation is 1. The van der Waals surface area contributed by atoms with Crippen LogP contribution in [0.15, 0.2) is 24.3 Å². The van der Waals surface area contributed by atoms with Crippen LogP contribution in [0.1, 0.15) is 49.7 Å². The average molecular weight is 383 g/mol. The summed E-state index contributed by atoms with van der Waals surface area (Å²) in [5.41, 5.74) is 2.92. The Morgan fingerprint density at radius 3 is 2.46 bits per heavy atom. The molecule has 4 nitrogen and oxygen atoms in total. The molecule has 2 unspecified atom stereocenters. The van der Waals surface area contributed by atoms with Gasteiger partial charge in [-0.15, -0.1) is 0 Å². The molecule has 152 valence electrons. The van der Waals surface area contributed by atoms with Crippen molar-refractivity contribution >= 4 is 5.91 Å². The van der Waals surface area contributed by atoms with Crippen LogP contribution in [0.5, 0.6) is 0 Å². The summed E-state index contributed by atoms with van der Waals surface area (Å²) >= 11 is 0. The van der Waals surface area contributed by atoms with Crippen LogP contribution < -0.4 is 5.32 Å². The highest BCUT2D eigenvalue weighted by atomic mass is 16.5. The van der Waals surface area contributed by atoms with Crippen LogP contribution in [0.3, 0.4) is 0 Å². The van der Waals surface area contributed by atoms with Crippen LogP contribution in [-0.2, 0) is 14.9 Å². The van der Waals surface area contributed by atoms with Gasteiger partial charge in [0.25, 0.3) is 0 Å². The van der Waals surface area contributed by atoms with Crippen molar-refractivity contribution in [3.63, 3.8) is 0 Å². The van der Waals surface area contributed by atoms with Crippen molar-refractivity contribution in [2.24, 2.45) is 17.3 Å². The molecule has 5 fully saturated rings. The number of carbonyl (C=O) groups excluding carboxylic acids is 1. The lowest BCUT2D eigenvalue weighted by molar-refractivity contribution is -0.149. The van der Waals surface area contributed by atoms with Gasteiger partial charge in [-0.1, -0.05) is 29.8 Å². The third kappa shape index (κ3) is 3.29. The minimum absolute atomic E-state index is 0.125. The molecule has 1 aromatic rings. The van der Waals surface area contributed by atoms with E-state index in [1.807, 2.05) is 0 Å². The number of hydrogen-bond donors (Lipinski definition) is 1. The van der Waals surface area contributed by atoms with Gasteiger partial charge in [-0.3, -0.25) is 9.69 Å². The Morgan fingerprint density at radius 2 is 1.79 bits per heavy atom. The number of carbonyl (C=O) groups is 1. The first kappa shape index (κ1) is 18.6. The first-order chi connectivity index (χ1) is 13.6. The molecule has 4 aliphatic carbocycles. The number of ether oxygens (including phenoxy) is 1. The van der Waals surface area contributed by atoms with E-state index in [1.165, 1.54) is 30.4 Å². The molecule has 0 aromatic heterocycles. The second kappa shape index (κ2) is 7.14. The summed E-state index contributed by atoms with van der Waals surface area (Å²) in [5.74, 6) is 1.80. The largest absolute Gasteiger partial charge is 0.379 e. The number of nitrogens with zero attached hydrogens (tertiary/aromatic N) is 1. The topological polar surface area (TPSA) is 41.6 Å². The Kier molecular flexibility index (Phi) is 4.75. The molecule has 1 aromatic carbocycles. The van der Waals surface area contributed by atoms with E-state index in [0.717, 1.165) is 70.5 Å². The van der Waals surface area contributed by atoms with Gasteiger partial charge in [-0.2, -0.15) is 0 Å². The zero-order valence-electron chi connectivity index (χ0n) is 17.2. The summed E-state index contributed by atoms with van der Waals surface area (Å²) in [6, 6.07) is 9.19. The predicted octanol–water partition coefficient (Wildman–Crippen LogP) is 3.28. The minimum atomic E-state index is -0.125. The molecule has 1 N–H and O–H groups in total. The number of rotatable bonds is 5. The summed E-state index contributed by atoms with van der Waals surface area (Å²) in [5, 5.41) is 3.34. The predicted molar refractivity (Wildman–Crippen MR) is 110 cm³/mol. The molecular formula is C24H34N2O2. The molecule has 0 radical (unpaired) electrons. The van der Waals surface area contributed by atoms with E-state index < -0.39 is 0 Å². The number of amides is 1. The summed E-state index contributed by atoms with van der Waals surface area (Å²) in [7, 11) is 0. The van der Waals surface area contributed by atoms with Gasteiger partial charge in [0.05, 0.1) is 18.6 Å². The van der Waals surface area contributed by atoms with E-state index in [0.29, 0.717) is 5.91 Å². The minimum Gasteiger partial charge on any atom is -0.379 e. The molecule has 6 rings (SSSR count). The van der Waals surface area contributed by atoms with Crippen molar-refractivity contribution in [3.05, 3.63) is 35.4 Å². The Hall–Kier alpha value is -1.39. The van der Waals surface area contributed by atoms with Gasteiger partial charge in [-0.05, 0) is 68.3 Å². The van der Waals surface area contributed by atoms with Gasteiger partial charge in [0.1, 0.15) is 0 Å². The Morgan fingerprint density at radius 1 is 1.11 bits per heavy atom. The van der Waals surface area contributed by atoms with Gasteiger partial charge in [0, 0.05) is 26.2 Å². The maximum absolute atomic E-state index is 13.4. The lowest BCUT2D eigenvalue weighted by Gasteiger charge is -2.61. The zero-order valence-corrected chi connectivity index (χ0v) is 17.2. The highest BCUT2D eigenvalue weighted by molar-refractivity contribution is 5.83. The Bertz CT molecular complexity index is 709. The molecule has 1 heterocycles. The molecule has 1 amide bonds. The molecule has 1 saturated heterocycles. The van der Waals surface area contributed by atoms with Crippen molar-refractivity contribution < 1.29 is 9.53 Å². The molecule has 28 heavy (non-hydrogen) atoms. The summed E-state index contributed by atoms with van der Waals surface area (Å²) < 4.78 is 5.42. The Labute approximate surface area is 169 Å². The van der Waals surface area contributed by atoms with E-state index in [9.17, 15) is 4.79 Å². The van der Waals surface area contributed by atoms with Crippen molar-refractivity contribution in [2.45, 2.75) is 50.9 Å². The molecule has 2 atom stereocenters. The molecule has 4 heteroatoms. The van der Waals surface area contributed by atoms with Gasteiger partial charge < -0.3 is 10.1 Å². The first-order valence-electron chi connectivity index (χ1n) is 11.2. The normalized spacial score (nSPS) is 37.2. The van der Waals surface area contributed by atoms with E-state index in [4.69, 9.17) is 4.74 Å². The monoisotopic (exact) mass is 382 g/mol. The Balaban J connectivity index is 1.30. The van der Waals surface area contributed by atoms with Crippen molar-refractivity contribution in [1.82, 2.24) is 10.2 Å². The third-order valence-electron chi connectivity index (χ3n) is 8.02. The van der Waals surface area contributed by atoms with Crippen molar-refractivity contribution in [1.29, 1.82) is 0 Å². The van der Waals surface area contributed by atoms with Gasteiger partial charge >= 0.3 is 0 Å². The number of nitrogens with one attached hydrogen (secondary N) is 1. The van der Waals surface area contributed by atoms with Crippen molar-refractivity contribution in [3.8, 4) is 0 Å².